The van der Waals surface area contributed by atoms with Crippen molar-refractivity contribution in [1.82, 2.24) is 19.4 Å². The van der Waals surface area contributed by atoms with Crippen LogP contribution >= 0.6 is 0 Å². The number of alkyl halides is 3. The van der Waals surface area contributed by atoms with Gasteiger partial charge in [-0.3, -0.25) is 9.48 Å². The minimum Gasteiger partial charge on any atom is -0.309 e. The van der Waals surface area contributed by atoms with E-state index in [1.54, 1.807) is 18.3 Å². The van der Waals surface area contributed by atoms with Crippen LogP contribution in [0.1, 0.15) is 12.1 Å². The molecule has 1 amide bonds. The van der Waals surface area contributed by atoms with Gasteiger partial charge in [0.25, 0.3) is 0 Å². The van der Waals surface area contributed by atoms with Crippen LogP contribution in [0.15, 0.2) is 30.6 Å². The van der Waals surface area contributed by atoms with Crippen molar-refractivity contribution in [1.29, 1.82) is 5.26 Å². The van der Waals surface area contributed by atoms with E-state index in [0.717, 1.165) is 10.7 Å². The fraction of sp³-hybridized carbons (Fsp3) is 0.294. The minimum absolute atomic E-state index is 0.279. The molecule has 0 aliphatic carbocycles. The maximum Gasteiger partial charge on any atom is 0.435 e. The zero-order chi connectivity index (χ0) is 19.3. The first kappa shape index (κ1) is 17.1. The predicted molar refractivity (Wildman–Crippen MR) is 88.5 cm³/mol. The first-order chi connectivity index (χ1) is 12.8. The molecule has 0 aromatic carbocycles. The summed E-state index contributed by atoms with van der Waals surface area (Å²) in [7, 11) is 1.43. The molecule has 1 fully saturated rings. The van der Waals surface area contributed by atoms with Crippen molar-refractivity contribution >= 4 is 17.1 Å². The van der Waals surface area contributed by atoms with E-state index in [0.29, 0.717) is 29.7 Å². The van der Waals surface area contributed by atoms with Crippen molar-refractivity contribution < 1.29 is 18.0 Å². The van der Waals surface area contributed by atoms with Crippen molar-refractivity contribution in [3.8, 4) is 17.3 Å². The van der Waals surface area contributed by atoms with E-state index in [4.69, 9.17) is 5.26 Å². The zero-order valence-corrected chi connectivity index (χ0v) is 14.1. The lowest BCUT2D eigenvalue weighted by Crippen LogP contribution is -2.27. The van der Waals surface area contributed by atoms with Gasteiger partial charge in [-0.25, -0.2) is 4.52 Å². The number of anilines is 1. The molecule has 0 radical (unpaired) electrons. The number of aryl methyl sites for hydroxylation is 1. The number of hydrogen-bond donors (Lipinski definition) is 0. The Hall–Kier alpha value is -3.35. The Morgan fingerprint density at radius 1 is 1.33 bits per heavy atom. The van der Waals surface area contributed by atoms with Gasteiger partial charge < -0.3 is 4.90 Å². The first-order valence-corrected chi connectivity index (χ1v) is 8.09. The van der Waals surface area contributed by atoms with Gasteiger partial charge >= 0.3 is 6.18 Å². The van der Waals surface area contributed by atoms with Gasteiger partial charge in [0, 0.05) is 31.5 Å². The number of carbonyl (C=O) groups excluding carboxylic acids is 1. The van der Waals surface area contributed by atoms with Crippen LogP contribution < -0.4 is 4.90 Å². The first-order valence-electron chi connectivity index (χ1n) is 8.09. The lowest BCUT2D eigenvalue weighted by atomic mass is 10.1. The molecule has 0 N–H and O–H groups in total. The largest absolute Gasteiger partial charge is 0.435 e. The quantitative estimate of drug-likeness (QED) is 0.691. The second-order valence-corrected chi connectivity index (χ2v) is 6.27. The molecule has 10 heteroatoms. The van der Waals surface area contributed by atoms with Crippen LogP contribution in [0.2, 0.25) is 0 Å². The molecule has 1 atom stereocenters. The van der Waals surface area contributed by atoms with Gasteiger partial charge in [-0.1, -0.05) is 0 Å². The molecular formula is C17H13F3N6O. The highest BCUT2D eigenvalue weighted by Gasteiger charge is 2.35. The molecule has 7 nitrogen and oxygen atoms in total. The van der Waals surface area contributed by atoms with Gasteiger partial charge in [-0.05, 0) is 24.6 Å². The highest BCUT2D eigenvalue weighted by Crippen LogP contribution is 2.34. The standard InChI is InChI=1S/C17H13F3N6O/c1-24-13(7-15(23-24)17(18,19)20)11-6-14-12(2-4-22-26(14)9-11)25-5-3-10(8-21)16(25)27/h2,4,6-7,9-10H,3,5H2,1H3. The molecule has 0 saturated carbocycles. The van der Waals surface area contributed by atoms with Crippen molar-refractivity contribution in [2.75, 3.05) is 11.4 Å². The highest BCUT2D eigenvalue weighted by atomic mass is 19.4. The number of amides is 1. The molecule has 4 rings (SSSR count). The molecule has 1 saturated heterocycles. The molecule has 1 unspecified atom stereocenters. The van der Waals surface area contributed by atoms with Gasteiger partial charge in [0.15, 0.2) is 5.69 Å². The maximum atomic E-state index is 12.9. The fourth-order valence-corrected chi connectivity index (χ4v) is 3.28. The summed E-state index contributed by atoms with van der Waals surface area (Å²) in [6, 6.07) is 6.27. The molecule has 27 heavy (non-hydrogen) atoms. The number of hydrogen-bond acceptors (Lipinski definition) is 4. The number of fused-ring (bicyclic) bond motifs is 1. The van der Waals surface area contributed by atoms with Gasteiger partial charge in [-0.15, -0.1) is 0 Å². The van der Waals surface area contributed by atoms with E-state index in [9.17, 15) is 18.0 Å². The summed E-state index contributed by atoms with van der Waals surface area (Å²) in [5.74, 6) is -0.965. The van der Waals surface area contributed by atoms with Crippen LogP contribution in [0.25, 0.3) is 16.8 Å². The van der Waals surface area contributed by atoms with E-state index >= 15 is 0 Å². The number of rotatable bonds is 2. The van der Waals surface area contributed by atoms with Crippen molar-refractivity contribution in [3.63, 3.8) is 0 Å². The molecule has 0 bridgehead atoms. The molecule has 1 aliphatic heterocycles. The predicted octanol–water partition coefficient (Wildman–Crippen LogP) is 2.63. The summed E-state index contributed by atoms with van der Waals surface area (Å²) in [5.41, 5.74) is 0.923. The van der Waals surface area contributed by atoms with Crippen LogP contribution in [0.5, 0.6) is 0 Å². The Bertz CT molecular complexity index is 1090. The van der Waals surface area contributed by atoms with Gasteiger partial charge in [0.05, 0.1) is 23.0 Å². The number of nitriles is 1. The Kier molecular flexibility index (Phi) is 3.69. The molecule has 4 heterocycles. The second-order valence-electron chi connectivity index (χ2n) is 6.27. The second kappa shape index (κ2) is 5.84. The summed E-state index contributed by atoms with van der Waals surface area (Å²) >= 11 is 0. The van der Waals surface area contributed by atoms with Crippen LogP contribution in [-0.2, 0) is 18.0 Å². The van der Waals surface area contributed by atoms with Crippen molar-refractivity contribution in [3.05, 3.63) is 36.3 Å². The summed E-state index contributed by atoms with van der Waals surface area (Å²) in [4.78, 5) is 13.9. The number of aromatic nitrogens is 4. The molecule has 0 spiro atoms. The minimum atomic E-state index is -4.53. The number of nitrogens with zero attached hydrogens (tertiary/aromatic N) is 6. The smallest absolute Gasteiger partial charge is 0.309 e. The Morgan fingerprint density at radius 2 is 2.11 bits per heavy atom. The zero-order valence-electron chi connectivity index (χ0n) is 14.1. The SMILES string of the molecule is Cn1nc(C(F)(F)F)cc1-c1cc2c(N3CCC(C#N)C3=O)ccnn2c1. The van der Waals surface area contributed by atoms with E-state index < -0.39 is 17.8 Å². The topological polar surface area (TPSA) is 79.2 Å². The monoisotopic (exact) mass is 374 g/mol. The summed E-state index contributed by atoms with van der Waals surface area (Å²) in [6.45, 7) is 0.404. The third-order valence-electron chi connectivity index (χ3n) is 4.60. The van der Waals surface area contributed by atoms with E-state index in [-0.39, 0.29) is 11.6 Å². The van der Waals surface area contributed by atoms with E-state index in [2.05, 4.69) is 10.2 Å². The lowest BCUT2D eigenvalue weighted by Gasteiger charge is -2.16. The van der Waals surface area contributed by atoms with E-state index in [1.165, 1.54) is 22.7 Å². The lowest BCUT2D eigenvalue weighted by molar-refractivity contribution is -0.141. The fourth-order valence-electron chi connectivity index (χ4n) is 3.28. The van der Waals surface area contributed by atoms with Crippen LogP contribution in [0.4, 0.5) is 18.9 Å². The molecule has 138 valence electrons. The van der Waals surface area contributed by atoms with Crippen LogP contribution in [-0.4, -0.2) is 31.8 Å². The average Bonchev–Trinajstić information content (AvgIpc) is 3.29. The Morgan fingerprint density at radius 3 is 2.74 bits per heavy atom. The van der Waals surface area contributed by atoms with Crippen LogP contribution in [0.3, 0.4) is 0 Å². The third-order valence-corrected chi connectivity index (χ3v) is 4.60. The molecule has 3 aromatic heterocycles. The summed E-state index contributed by atoms with van der Waals surface area (Å²) in [5, 5.41) is 16.7. The van der Waals surface area contributed by atoms with Gasteiger partial charge in [0.2, 0.25) is 5.91 Å². The Balaban J connectivity index is 1.80. The van der Waals surface area contributed by atoms with E-state index in [1.807, 2.05) is 6.07 Å². The molecular weight excluding hydrogens is 361 g/mol. The number of halogens is 3. The number of carbonyl (C=O) groups is 1. The summed E-state index contributed by atoms with van der Waals surface area (Å²) < 4.78 is 41.4. The van der Waals surface area contributed by atoms with Crippen molar-refractivity contribution in [2.45, 2.75) is 12.6 Å². The molecule has 1 aliphatic rings. The maximum absolute atomic E-state index is 12.9. The summed E-state index contributed by atoms with van der Waals surface area (Å²) in [6.07, 6.45) is -1.01. The normalized spacial score (nSPS) is 17.7. The van der Waals surface area contributed by atoms with Gasteiger partial charge in [-0.2, -0.15) is 28.6 Å². The van der Waals surface area contributed by atoms with Gasteiger partial charge in [0.1, 0.15) is 5.92 Å². The van der Waals surface area contributed by atoms with Crippen LogP contribution in [0, 0.1) is 17.2 Å². The average molecular weight is 374 g/mol. The third kappa shape index (κ3) is 2.71. The molecule has 3 aromatic rings. The highest BCUT2D eigenvalue weighted by molar-refractivity contribution is 6.02. The van der Waals surface area contributed by atoms with Crippen molar-refractivity contribution in [2.24, 2.45) is 13.0 Å². The Labute approximate surface area is 151 Å².